The molecule has 1 aliphatic carbocycles. The predicted octanol–water partition coefficient (Wildman–Crippen LogP) is 2.64. The maximum Gasteiger partial charge on any atom is 0.226 e. The van der Waals surface area contributed by atoms with Gasteiger partial charge in [0, 0.05) is 43.4 Å². The summed E-state index contributed by atoms with van der Waals surface area (Å²) in [5.41, 5.74) is 1.04. The first-order chi connectivity index (χ1) is 12.8. The molecule has 2 aromatic rings. The number of hydrogen-bond acceptors (Lipinski definition) is 4. The first-order valence-corrected chi connectivity index (χ1v) is 9.59. The number of aryl methyl sites for hydroxylation is 1. The largest absolute Gasteiger partial charge is 0.340 e. The Kier molecular flexibility index (Phi) is 3.84. The van der Waals surface area contributed by atoms with Gasteiger partial charge in [0.05, 0.1) is 6.04 Å². The smallest absolute Gasteiger partial charge is 0.226 e. The third-order valence-electron chi connectivity index (χ3n) is 6.11. The van der Waals surface area contributed by atoms with Crippen LogP contribution in [0.4, 0.5) is 0 Å². The highest BCUT2D eigenvalue weighted by atomic mass is 16.2. The highest BCUT2D eigenvalue weighted by molar-refractivity contribution is 5.79. The quantitative estimate of drug-likeness (QED) is 0.782. The number of carbonyl (C=O) groups excluding carboxylic acids is 1. The lowest BCUT2D eigenvalue weighted by Crippen LogP contribution is -2.35. The van der Waals surface area contributed by atoms with Crippen molar-refractivity contribution < 1.29 is 4.79 Å². The Bertz CT molecular complexity index is 843. The molecule has 1 unspecified atom stereocenters. The number of hydrogen-bond donors (Lipinski definition) is 0. The summed E-state index contributed by atoms with van der Waals surface area (Å²) < 4.78 is 2.29. The number of pyridine rings is 1. The lowest BCUT2D eigenvalue weighted by molar-refractivity contribution is -0.134. The van der Waals surface area contributed by atoms with Crippen LogP contribution in [0.2, 0.25) is 0 Å². The topological polar surface area (TPSA) is 63.9 Å². The monoisotopic (exact) mass is 349 g/mol. The second-order valence-corrected chi connectivity index (χ2v) is 7.64. The average molecular weight is 349 g/mol. The molecule has 134 valence electrons. The average Bonchev–Trinajstić information content (AvgIpc) is 3.32. The molecule has 0 radical (unpaired) electrons. The normalized spacial score (nSPS) is 27.2. The molecule has 26 heavy (non-hydrogen) atoms. The summed E-state index contributed by atoms with van der Waals surface area (Å²) in [6.07, 6.45) is 12.9. The number of rotatable bonds is 2. The van der Waals surface area contributed by atoms with E-state index >= 15 is 0 Å². The van der Waals surface area contributed by atoms with Crippen molar-refractivity contribution in [1.82, 2.24) is 24.6 Å². The second kappa shape index (κ2) is 6.34. The Morgan fingerprint density at radius 3 is 2.77 bits per heavy atom. The molecule has 1 amide bonds. The number of allylic oxidation sites excluding steroid dienone is 2. The van der Waals surface area contributed by atoms with E-state index in [4.69, 9.17) is 0 Å². The molecule has 4 heterocycles. The first kappa shape index (κ1) is 15.7. The van der Waals surface area contributed by atoms with Crippen molar-refractivity contribution >= 4 is 5.91 Å². The molecule has 0 bridgehead atoms. The number of likely N-dealkylation sites (tertiary alicyclic amines) is 1. The zero-order chi connectivity index (χ0) is 17.5. The van der Waals surface area contributed by atoms with E-state index in [9.17, 15) is 4.79 Å². The third-order valence-corrected chi connectivity index (χ3v) is 6.11. The van der Waals surface area contributed by atoms with Gasteiger partial charge in [-0.05, 0) is 43.7 Å². The summed E-state index contributed by atoms with van der Waals surface area (Å²) >= 11 is 0. The summed E-state index contributed by atoms with van der Waals surface area (Å²) in [5.74, 6) is 2.96. The molecule has 3 atom stereocenters. The molecule has 0 aromatic carbocycles. The van der Waals surface area contributed by atoms with Crippen LogP contribution in [0.15, 0.2) is 36.7 Å². The molecule has 3 aliphatic rings. The molecule has 5 rings (SSSR count). The van der Waals surface area contributed by atoms with Crippen molar-refractivity contribution in [2.24, 2.45) is 11.8 Å². The maximum atomic E-state index is 13.0. The van der Waals surface area contributed by atoms with Gasteiger partial charge in [0.2, 0.25) is 5.91 Å². The third kappa shape index (κ3) is 2.55. The summed E-state index contributed by atoms with van der Waals surface area (Å²) in [4.78, 5) is 19.2. The van der Waals surface area contributed by atoms with Crippen molar-refractivity contribution in [2.75, 3.05) is 13.1 Å². The molecular formula is C20H23N5O. The minimum atomic E-state index is 0.167. The zero-order valence-corrected chi connectivity index (χ0v) is 14.8. The number of carbonyl (C=O) groups is 1. The number of fused-ring (bicyclic) bond motifs is 3. The SMILES string of the molecule is O=C(C1CC=CCC1)N1C[C@H]2CCc3nnc(-c4ccncc4)n3[C@H]2C1. The second-order valence-electron chi connectivity index (χ2n) is 7.64. The zero-order valence-electron chi connectivity index (χ0n) is 14.8. The van der Waals surface area contributed by atoms with E-state index in [2.05, 4.69) is 36.8 Å². The molecule has 6 heteroatoms. The summed E-state index contributed by atoms with van der Waals surface area (Å²) in [5, 5.41) is 8.89. The van der Waals surface area contributed by atoms with Crippen molar-refractivity contribution in [3.63, 3.8) is 0 Å². The fourth-order valence-corrected chi connectivity index (χ4v) is 4.74. The minimum Gasteiger partial charge on any atom is -0.340 e. The van der Waals surface area contributed by atoms with Crippen molar-refractivity contribution in [3.8, 4) is 11.4 Å². The lowest BCUT2D eigenvalue weighted by atomic mass is 9.93. The van der Waals surface area contributed by atoms with E-state index in [0.717, 1.165) is 62.4 Å². The van der Waals surface area contributed by atoms with Crippen LogP contribution >= 0.6 is 0 Å². The van der Waals surface area contributed by atoms with Crippen LogP contribution in [0.25, 0.3) is 11.4 Å². The summed E-state index contributed by atoms with van der Waals surface area (Å²) in [7, 11) is 0. The Morgan fingerprint density at radius 1 is 1.08 bits per heavy atom. The van der Waals surface area contributed by atoms with Gasteiger partial charge in [-0.15, -0.1) is 10.2 Å². The van der Waals surface area contributed by atoms with Crippen LogP contribution in [0.5, 0.6) is 0 Å². The van der Waals surface area contributed by atoms with E-state index < -0.39 is 0 Å². The molecule has 1 saturated heterocycles. The molecule has 0 spiro atoms. The van der Waals surface area contributed by atoms with Crippen LogP contribution in [0, 0.1) is 11.8 Å². The Morgan fingerprint density at radius 2 is 1.96 bits per heavy atom. The molecule has 6 nitrogen and oxygen atoms in total. The van der Waals surface area contributed by atoms with E-state index in [1.165, 1.54) is 0 Å². The number of nitrogens with zero attached hydrogens (tertiary/aromatic N) is 5. The molecule has 1 fully saturated rings. The van der Waals surface area contributed by atoms with Gasteiger partial charge >= 0.3 is 0 Å². The Labute approximate surface area is 152 Å². The van der Waals surface area contributed by atoms with Crippen molar-refractivity contribution in [1.29, 1.82) is 0 Å². The van der Waals surface area contributed by atoms with Crippen LogP contribution in [0.3, 0.4) is 0 Å². The Hall–Kier alpha value is -2.50. The number of aromatic nitrogens is 4. The molecule has 2 aromatic heterocycles. The van der Waals surface area contributed by atoms with E-state index in [1.807, 2.05) is 12.1 Å². The fraction of sp³-hybridized carbons (Fsp3) is 0.500. The van der Waals surface area contributed by atoms with Crippen molar-refractivity contribution in [3.05, 3.63) is 42.5 Å². The maximum absolute atomic E-state index is 13.0. The standard InChI is InChI=1S/C20H23N5O/c26-20(15-4-2-1-3-5-15)24-12-16-6-7-18-22-23-19(25(18)17(16)13-24)14-8-10-21-11-9-14/h1-2,8-11,15-17H,3-7,12-13H2/t15?,16-,17+/m1/s1. The first-order valence-electron chi connectivity index (χ1n) is 9.59. The molecule has 0 saturated carbocycles. The van der Waals surface area contributed by atoms with Gasteiger partial charge in [0.1, 0.15) is 5.82 Å². The van der Waals surface area contributed by atoms with E-state index in [-0.39, 0.29) is 5.92 Å². The van der Waals surface area contributed by atoms with Gasteiger partial charge in [-0.1, -0.05) is 12.2 Å². The van der Waals surface area contributed by atoms with Gasteiger partial charge in [0.15, 0.2) is 5.82 Å². The van der Waals surface area contributed by atoms with Crippen LogP contribution in [-0.2, 0) is 11.2 Å². The van der Waals surface area contributed by atoms with E-state index in [1.54, 1.807) is 12.4 Å². The van der Waals surface area contributed by atoms with Gasteiger partial charge in [-0.2, -0.15) is 0 Å². The van der Waals surface area contributed by atoms with E-state index in [0.29, 0.717) is 17.9 Å². The van der Waals surface area contributed by atoms with Gasteiger partial charge < -0.3 is 9.47 Å². The van der Waals surface area contributed by atoms with Crippen molar-refractivity contribution in [2.45, 2.75) is 38.1 Å². The molecule has 0 N–H and O–H groups in total. The van der Waals surface area contributed by atoms with Gasteiger partial charge in [-0.3, -0.25) is 9.78 Å². The van der Waals surface area contributed by atoms with Gasteiger partial charge in [0.25, 0.3) is 0 Å². The highest BCUT2D eigenvalue weighted by Gasteiger charge is 2.42. The van der Waals surface area contributed by atoms with Crippen LogP contribution in [-0.4, -0.2) is 43.6 Å². The molecule has 2 aliphatic heterocycles. The van der Waals surface area contributed by atoms with Crippen LogP contribution in [0.1, 0.15) is 37.5 Å². The molecular weight excluding hydrogens is 326 g/mol. The van der Waals surface area contributed by atoms with Crippen LogP contribution < -0.4 is 0 Å². The Balaban J connectivity index is 1.43. The van der Waals surface area contributed by atoms with Gasteiger partial charge in [-0.25, -0.2) is 0 Å². The summed E-state index contributed by atoms with van der Waals surface area (Å²) in [6.45, 7) is 1.66. The lowest BCUT2D eigenvalue weighted by Gasteiger charge is -2.27. The number of amides is 1. The predicted molar refractivity (Wildman–Crippen MR) is 97.2 cm³/mol. The summed E-state index contributed by atoms with van der Waals surface area (Å²) in [6, 6.07) is 4.25. The fourth-order valence-electron chi connectivity index (χ4n) is 4.74. The minimum absolute atomic E-state index is 0.167. The highest BCUT2D eigenvalue weighted by Crippen LogP contribution is 2.39.